The molecule has 1 aromatic heterocycles. The molecular formula is C14H19NO3S. The SMILES string of the molecule is O=C(O)C[C@H](NC(=O)C1CCCCC1)c1cccs1. The Hall–Kier alpha value is -1.36. The number of carboxylic acid groups (broad SMARTS) is 1. The average molecular weight is 281 g/mol. The van der Waals surface area contributed by atoms with Gasteiger partial charge in [-0.1, -0.05) is 25.3 Å². The normalized spacial score (nSPS) is 17.9. The third kappa shape index (κ3) is 4.06. The van der Waals surface area contributed by atoms with Gasteiger partial charge in [0.05, 0.1) is 12.5 Å². The zero-order chi connectivity index (χ0) is 13.7. The molecule has 2 N–H and O–H groups in total. The summed E-state index contributed by atoms with van der Waals surface area (Å²) in [6.07, 6.45) is 5.19. The van der Waals surface area contributed by atoms with Crippen LogP contribution in [0.2, 0.25) is 0 Å². The second-order valence-corrected chi connectivity index (χ2v) is 5.99. The fourth-order valence-corrected chi connectivity index (χ4v) is 3.32. The quantitative estimate of drug-likeness (QED) is 0.872. The van der Waals surface area contributed by atoms with Crippen molar-refractivity contribution in [2.24, 2.45) is 5.92 Å². The molecule has 0 spiro atoms. The number of carboxylic acids is 1. The number of hydrogen-bond acceptors (Lipinski definition) is 3. The van der Waals surface area contributed by atoms with Gasteiger partial charge in [0.25, 0.3) is 0 Å². The Morgan fingerprint density at radius 3 is 2.68 bits per heavy atom. The summed E-state index contributed by atoms with van der Waals surface area (Å²) in [5.41, 5.74) is 0. The van der Waals surface area contributed by atoms with Crippen molar-refractivity contribution in [1.29, 1.82) is 0 Å². The molecule has 1 saturated carbocycles. The fraction of sp³-hybridized carbons (Fsp3) is 0.571. The van der Waals surface area contributed by atoms with E-state index in [0.29, 0.717) is 0 Å². The first-order valence-electron chi connectivity index (χ1n) is 6.72. The highest BCUT2D eigenvalue weighted by Crippen LogP contribution is 2.27. The lowest BCUT2D eigenvalue weighted by Crippen LogP contribution is -2.35. The van der Waals surface area contributed by atoms with Gasteiger partial charge in [0, 0.05) is 10.8 Å². The van der Waals surface area contributed by atoms with Gasteiger partial charge in [-0.05, 0) is 24.3 Å². The Bertz CT molecular complexity index is 424. The van der Waals surface area contributed by atoms with E-state index in [1.165, 1.54) is 17.8 Å². The zero-order valence-electron chi connectivity index (χ0n) is 10.8. The molecule has 1 amide bonds. The van der Waals surface area contributed by atoms with Crippen molar-refractivity contribution < 1.29 is 14.7 Å². The van der Waals surface area contributed by atoms with Crippen LogP contribution < -0.4 is 5.32 Å². The van der Waals surface area contributed by atoms with Crippen molar-refractivity contribution in [1.82, 2.24) is 5.32 Å². The van der Waals surface area contributed by atoms with E-state index in [1.54, 1.807) is 0 Å². The Morgan fingerprint density at radius 2 is 2.11 bits per heavy atom. The smallest absolute Gasteiger partial charge is 0.305 e. The molecule has 5 heteroatoms. The molecule has 0 unspecified atom stereocenters. The molecule has 0 saturated heterocycles. The Balaban J connectivity index is 1.99. The minimum Gasteiger partial charge on any atom is -0.481 e. The predicted octanol–water partition coefficient (Wildman–Crippen LogP) is 2.96. The first-order valence-corrected chi connectivity index (χ1v) is 7.60. The highest BCUT2D eigenvalue weighted by atomic mass is 32.1. The van der Waals surface area contributed by atoms with E-state index >= 15 is 0 Å². The number of rotatable bonds is 5. The predicted molar refractivity (Wildman–Crippen MR) is 74.0 cm³/mol. The number of aliphatic carboxylic acids is 1. The topological polar surface area (TPSA) is 66.4 Å². The second kappa shape index (κ2) is 6.70. The lowest BCUT2D eigenvalue weighted by atomic mass is 9.88. The van der Waals surface area contributed by atoms with E-state index in [-0.39, 0.29) is 18.2 Å². The van der Waals surface area contributed by atoms with Crippen LogP contribution in [0.3, 0.4) is 0 Å². The molecule has 0 radical (unpaired) electrons. The molecule has 4 nitrogen and oxygen atoms in total. The van der Waals surface area contributed by atoms with Crippen LogP contribution in [0.15, 0.2) is 17.5 Å². The fourth-order valence-electron chi connectivity index (χ4n) is 2.54. The molecule has 104 valence electrons. The van der Waals surface area contributed by atoms with Gasteiger partial charge in [-0.3, -0.25) is 9.59 Å². The van der Waals surface area contributed by atoms with Crippen molar-refractivity contribution in [3.63, 3.8) is 0 Å². The van der Waals surface area contributed by atoms with E-state index < -0.39 is 12.0 Å². The molecule has 19 heavy (non-hydrogen) atoms. The Morgan fingerprint density at radius 1 is 1.37 bits per heavy atom. The first kappa shape index (κ1) is 14.1. The second-order valence-electron chi connectivity index (χ2n) is 5.01. The van der Waals surface area contributed by atoms with Crippen molar-refractivity contribution in [3.8, 4) is 0 Å². The molecule has 1 aliphatic rings. The molecule has 1 heterocycles. The third-order valence-electron chi connectivity index (χ3n) is 3.56. The molecule has 0 aromatic carbocycles. The van der Waals surface area contributed by atoms with Gasteiger partial charge in [-0.2, -0.15) is 0 Å². The van der Waals surface area contributed by atoms with Crippen LogP contribution in [0.25, 0.3) is 0 Å². The highest BCUT2D eigenvalue weighted by Gasteiger charge is 2.25. The van der Waals surface area contributed by atoms with E-state index in [2.05, 4.69) is 5.32 Å². The molecule has 0 aliphatic heterocycles. The van der Waals surface area contributed by atoms with E-state index in [9.17, 15) is 9.59 Å². The Labute approximate surface area is 116 Å². The third-order valence-corrected chi connectivity index (χ3v) is 4.54. The van der Waals surface area contributed by atoms with Gasteiger partial charge >= 0.3 is 5.97 Å². The van der Waals surface area contributed by atoms with Crippen LogP contribution in [0, 0.1) is 5.92 Å². The van der Waals surface area contributed by atoms with Crippen LogP contribution in [-0.4, -0.2) is 17.0 Å². The van der Waals surface area contributed by atoms with Gasteiger partial charge in [0.15, 0.2) is 0 Å². The summed E-state index contributed by atoms with van der Waals surface area (Å²) in [4.78, 5) is 24.0. The molecule has 1 fully saturated rings. The summed E-state index contributed by atoms with van der Waals surface area (Å²) in [5, 5.41) is 13.8. The van der Waals surface area contributed by atoms with E-state index in [1.807, 2.05) is 17.5 Å². The molecule has 2 rings (SSSR count). The summed E-state index contributed by atoms with van der Waals surface area (Å²) in [6.45, 7) is 0. The van der Waals surface area contributed by atoms with E-state index in [4.69, 9.17) is 5.11 Å². The summed E-state index contributed by atoms with van der Waals surface area (Å²) in [7, 11) is 0. The average Bonchev–Trinajstić information content (AvgIpc) is 2.92. The summed E-state index contributed by atoms with van der Waals surface area (Å²) in [5.74, 6) is -0.813. The maximum Gasteiger partial charge on any atom is 0.305 e. The van der Waals surface area contributed by atoms with Gasteiger partial charge in [-0.15, -0.1) is 11.3 Å². The molecule has 1 aliphatic carbocycles. The minimum atomic E-state index is -0.887. The largest absolute Gasteiger partial charge is 0.481 e. The molecule has 1 aromatic rings. The van der Waals surface area contributed by atoms with Crippen LogP contribution in [0.5, 0.6) is 0 Å². The molecule has 1 atom stereocenters. The van der Waals surface area contributed by atoms with E-state index in [0.717, 1.165) is 30.6 Å². The maximum absolute atomic E-state index is 12.2. The zero-order valence-corrected chi connectivity index (χ0v) is 11.6. The maximum atomic E-state index is 12.2. The van der Waals surface area contributed by atoms with Crippen molar-refractivity contribution in [3.05, 3.63) is 22.4 Å². The number of nitrogens with one attached hydrogen (secondary N) is 1. The van der Waals surface area contributed by atoms with Crippen LogP contribution in [-0.2, 0) is 9.59 Å². The number of carbonyl (C=O) groups is 2. The van der Waals surface area contributed by atoms with Gasteiger partial charge in [-0.25, -0.2) is 0 Å². The Kier molecular flexibility index (Phi) is 4.96. The highest BCUT2D eigenvalue weighted by molar-refractivity contribution is 7.10. The molecular weight excluding hydrogens is 262 g/mol. The lowest BCUT2D eigenvalue weighted by Gasteiger charge is -2.23. The number of hydrogen-bond donors (Lipinski definition) is 2. The van der Waals surface area contributed by atoms with Gasteiger partial charge < -0.3 is 10.4 Å². The van der Waals surface area contributed by atoms with Crippen LogP contribution >= 0.6 is 11.3 Å². The van der Waals surface area contributed by atoms with Crippen LogP contribution in [0.1, 0.15) is 49.4 Å². The standard InChI is InChI=1S/C14H19NO3S/c16-13(17)9-11(12-7-4-8-19-12)15-14(18)10-5-2-1-3-6-10/h4,7-8,10-11H,1-3,5-6,9H2,(H,15,18)(H,16,17)/t11-/m0/s1. The van der Waals surface area contributed by atoms with Gasteiger partial charge in [0.2, 0.25) is 5.91 Å². The summed E-state index contributed by atoms with van der Waals surface area (Å²) < 4.78 is 0. The summed E-state index contributed by atoms with van der Waals surface area (Å²) in [6, 6.07) is 3.35. The summed E-state index contributed by atoms with van der Waals surface area (Å²) >= 11 is 1.48. The monoisotopic (exact) mass is 281 g/mol. The number of amides is 1. The van der Waals surface area contributed by atoms with Crippen molar-refractivity contribution in [2.45, 2.75) is 44.6 Å². The van der Waals surface area contributed by atoms with Crippen molar-refractivity contribution in [2.75, 3.05) is 0 Å². The minimum absolute atomic E-state index is 0.0133. The first-order chi connectivity index (χ1) is 9.16. The molecule has 0 bridgehead atoms. The number of carbonyl (C=O) groups excluding carboxylic acids is 1. The number of thiophene rings is 1. The van der Waals surface area contributed by atoms with Gasteiger partial charge in [0.1, 0.15) is 0 Å². The lowest BCUT2D eigenvalue weighted by molar-refractivity contribution is -0.138. The van der Waals surface area contributed by atoms with Crippen LogP contribution in [0.4, 0.5) is 0 Å². The van der Waals surface area contributed by atoms with Crippen molar-refractivity contribution >= 4 is 23.2 Å².